The lowest BCUT2D eigenvalue weighted by atomic mass is 10.4. The van der Waals surface area contributed by atoms with Gasteiger partial charge in [0.1, 0.15) is 0 Å². The zero-order chi connectivity index (χ0) is 9.84. The molecule has 0 radical (unpaired) electrons. The van der Waals surface area contributed by atoms with Gasteiger partial charge in [-0.1, -0.05) is 25.4 Å². The summed E-state index contributed by atoms with van der Waals surface area (Å²) in [5, 5.41) is 4.65. The van der Waals surface area contributed by atoms with Crippen LogP contribution in [0.4, 0.5) is 0 Å². The molecule has 13 heavy (non-hydrogen) atoms. The fourth-order valence-electron chi connectivity index (χ4n) is 0.970. The van der Waals surface area contributed by atoms with Gasteiger partial charge in [0.2, 0.25) is 0 Å². The van der Waals surface area contributed by atoms with E-state index in [0.29, 0.717) is 5.02 Å². The molecule has 2 rings (SSSR count). The molecule has 0 saturated carbocycles. The van der Waals surface area contributed by atoms with Crippen LogP contribution in [0, 0.1) is 6.92 Å². The van der Waals surface area contributed by atoms with Crippen molar-refractivity contribution in [2.75, 3.05) is 0 Å². The smallest absolute Gasteiger partial charge is 0.157 e. The van der Waals surface area contributed by atoms with E-state index in [0.717, 1.165) is 11.2 Å². The number of fused-ring (bicyclic) bond motifs is 1. The van der Waals surface area contributed by atoms with Crippen LogP contribution in [0.25, 0.3) is 5.65 Å². The maximum absolute atomic E-state index is 5.70. The molecule has 0 aromatic carbocycles. The van der Waals surface area contributed by atoms with E-state index in [1.165, 1.54) is 0 Å². The van der Waals surface area contributed by atoms with Crippen molar-refractivity contribution >= 4 is 17.2 Å². The third-order valence-corrected chi connectivity index (χ3v) is 1.70. The highest BCUT2D eigenvalue weighted by atomic mass is 35.5. The highest BCUT2D eigenvalue weighted by molar-refractivity contribution is 6.30. The average molecular weight is 198 g/mol. The molecule has 0 spiro atoms. The zero-order valence-corrected chi connectivity index (χ0v) is 8.71. The molecular formula is C9H12ClN3. The summed E-state index contributed by atoms with van der Waals surface area (Å²) >= 11 is 5.70. The van der Waals surface area contributed by atoms with Gasteiger partial charge in [0.15, 0.2) is 5.65 Å². The first kappa shape index (κ1) is 9.99. The molecule has 0 saturated heterocycles. The lowest BCUT2D eigenvalue weighted by molar-refractivity contribution is 0.939. The van der Waals surface area contributed by atoms with Gasteiger partial charge in [-0.15, -0.1) is 0 Å². The van der Waals surface area contributed by atoms with Crippen LogP contribution in [-0.2, 0) is 0 Å². The summed E-state index contributed by atoms with van der Waals surface area (Å²) in [5.74, 6) is 0. The highest BCUT2D eigenvalue weighted by Gasteiger charge is 1.99. The molecule has 70 valence electrons. The van der Waals surface area contributed by atoms with Crippen molar-refractivity contribution in [3.8, 4) is 0 Å². The molecule has 2 aromatic heterocycles. The first-order valence-corrected chi connectivity index (χ1v) is 4.60. The highest BCUT2D eigenvalue weighted by Crippen LogP contribution is 2.09. The van der Waals surface area contributed by atoms with Crippen molar-refractivity contribution < 1.29 is 0 Å². The Labute approximate surface area is 82.4 Å². The van der Waals surface area contributed by atoms with Crippen molar-refractivity contribution in [3.05, 3.63) is 29.2 Å². The number of hydrogen-bond donors (Lipinski definition) is 0. The van der Waals surface area contributed by atoms with Crippen molar-refractivity contribution in [2.24, 2.45) is 0 Å². The van der Waals surface area contributed by atoms with Crippen molar-refractivity contribution in [1.29, 1.82) is 0 Å². The molecule has 0 amide bonds. The first-order chi connectivity index (χ1) is 6.27. The Morgan fingerprint density at radius 3 is 2.69 bits per heavy atom. The van der Waals surface area contributed by atoms with E-state index < -0.39 is 0 Å². The first-order valence-electron chi connectivity index (χ1n) is 4.23. The number of aryl methyl sites for hydroxylation is 1. The largest absolute Gasteiger partial charge is 0.235 e. The van der Waals surface area contributed by atoms with Crippen molar-refractivity contribution in [3.63, 3.8) is 0 Å². The van der Waals surface area contributed by atoms with Gasteiger partial charge in [0.05, 0.1) is 17.4 Å². The maximum atomic E-state index is 5.70. The molecule has 0 atom stereocenters. The Morgan fingerprint density at radius 2 is 2.00 bits per heavy atom. The maximum Gasteiger partial charge on any atom is 0.157 e. The third-order valence-electron chi connectivity index (χ3n) is 1.50. The van der Waals surface area contributed by atoms with Crippen LogP contribution >= 0.6 is 11.6 Å². The van der Waals surface area contributed by atoms with E-state index >= 15 is 0 Å². The molecule has 0 aliphatic carbocycles. The van der Waals surface area contributed by atoms with Gasteiger partial charge in [0, 0.05) is 11.8 Å². The van der Waals surface area contributed by atoms with Crippen LogP contribution in [0.5, 0.6) is 0 Å². The minimum Gasteiger partial charge on any atom is -0.235 e. The fraction of sp³-hybridized carbons (Fsp3) is 0.333. The van der Waals surface area contributed by atoms with Gasteiger partial charge in [-0.2, -0.15) is 5.10 Å². The molecule has 2 heterocycles. The molecule has 3 nitrogen and oxygen atoms in total. The summed E-state index contributed by atoms with van der Waals surface area (Å²) in [7, 11) is 0. The van der Waals surface area contributed by atoms with Crippen LogP contribution in [0.1, 0.15) is 19.4 Å². The van der Waals surface area contributed by atoms with Gasteiger partial charge >= 0.3 is 0 Å². The average Bonchev–Trinajstić information content (AvgIpc) is 2.51. The fourth-order valence-corrected chi connectivity index (χ4v) is 1.11. The predicted octanol–water partition coefficient (Wildman–Crippen LogP) is 2.72. The second-order valence-electron chi connectivity index (χ2n) is 2.37. The minimum absolute atomic E-state index is 0.598. The van der Waals surface area contributed by atoms with Crippen molar-refractivity contribution in [2.45, 2.75) is 20.8 Å². The lowest BCUT2D eigenvalue weighted by Crippen LogP contribution is -1.88. The Bertz CT molecular complexity index is 395. The Morgan fingerprint density at radius 1 is 1.31 bits per heavy atom. The van der Waals surface area contributed by atoms with Crippen LogP contribution < -0.4 is 0 Å². The van der Waals surface area contributed by atoms with Crippen LogP contribution in [0.15, 0.2) is 18.6 Å². The Hall–Kier alpha value is -1.09. The Kier molecular flexibility index (Phi) is 3.25. The predicted molar refractivity (Wildman–Crippen MR) is 54.1 cm³/mol. The normalized spacial score (nSPS) is 9.54. The van der Waals surface area contributed by atoms with Crippen LogP contribution in [0.3, 0.4) is 0 Å². The number of hydrogen-bond acceptors (Lipinski definition) is 2. The summed E-state index contributed by atoms with van der Waals surface area (Å²) < 4.78 is 1.66. The van der Waals surface area contributed by atoms with E-state index in [1.807, 2.05) is 20.8 Å². The van der Waals surface area contributed by atoms with E-state index in [2.05, 4.69) is 10.1 Å². The standard InChI is InChI=1S/C7H6ClN3.C2H6/c1-5-2-10-11-4-6(8)3-9-7(5)11;1-2/h2-4H,1H3;1-2H3. The van der Waals surface area contributed by atoms with E-state index in [9.17, 15) is 0 Å². The number of nitrogens with zero attached hydrogens (tertiary/aromatic N) is 3. The van der Waals surface area contributed by atoms with E-state index in [1.54, 1.807) is 23.1 Å². The quantitative estimate of drug-likeness (QED) is 0.650. The van der Waals surface area contributed by atoms with E-state index in [-0.39, 0.29) is 0 Å². The van der Waals surface area contributed by atoms with Crippen LogP contribution in [-0.4, -0.2) is 14.6 Å². The van der Waals surface area contributed by atoms with Gasteiger partial charge in [-0.25, -0.2) is 9.50 Å². The molecule has 4 heteroatoms. The number of halogens is 1. The molecule has 0 N–H and O–H groups in total. The van der Waals surface area contributed by atoms with Gasteiger partial charge in [-0.3, -0.25) is 0 Å². The van der Waals surface area contributed by atoms with E-state index in [4.69, 9.17) is 11.6 Å². The number of aromatic nitrogens is 3. The Balaban J connectivity index is 0.000000396. The monoisotopic (exact) mass is 197 g/mol. The van der Waals surface area contributed by atoms with Gasteiger partial charge < -0.3 is 0 Å². The molecule has 0 bridgehead atoms. The molecular weight excluding hydrogens is 186 g/mol. The topological polar surface area (TPSA) is 30.2 Å². The van der Waals surface area contributed by atoms with Crippen LogP contribution in [0.2, 0.25) is 5.02 Å². The van der Waals surface area contributed by atoms with Crippen molar-refractivity contribution in [1.82, 2.24) is 14.6 Å². The molecule has 2 aromatic rings. The van der Waals surface area contributed by atoms with Gasteiger partial charge in [-0.05, 0) is 6.92 Å². The summed E-state index contributed by atoms with van der Waals surface area (Å²) in [6.45, 7) is 5.96. The SMILES string of the molecule is CC.Cc1cnn2cc(Cl)cnc12. The minimum atomic E-state index is 0.598. The molecule has 0 aliphatic rings. The lowest BCUT2D eigenvalue weighted by Gasteiger charge is -1.92. The molecule has 0 fully saturated rings. The third kappa shape index (κ3) is 1.98. The second kappa shape index (κ2) is 4.23. The zero-order valence-electron chi connectivity index (χ0n) is 7.95. The molecule has 0 unspecified atom stereocenters. The second-order valence-corrected chi connectivity index (χ2v) is 2.80. The summed E-state index contributed by atoms with van der Waals surface area (Å²) in [6, 6.07) is 0. The van der Waals surface area contributed by atoms with Gasteiger partial charge in [0.25, 0.3) is 0 Å². The summed E-state index contributed by atoms with van der Waals surface area (Å²) in [6.07, 6.45) is 5.11. The number of rotatable bonds is 0. The summed E-state index contributed by atoms with van der Waals surface area (Å²) in [4.78, 5) is 4.11. The summed E-state index contributed by atoms with van der Waals surface area (Å²) in [5.41, 5.74) is 1.91. The molecule has 0 aliphatic heterocycles.